The van der Waals surface area contributed by atoms with E-state index >= 15 is 0 Å². The van der Waals surface area contributed by atoms with Gasteiger partial charge in [-0.3, -0.25) is 4.79 Å². The summed E-state index contributed by atoms with van der Waals surface area (Å²) >= 11 is 1.22. The van der Waals surface area contributed by atoms with Crippen LogP contribution in [0.15, 0.2) is 24.3 Å². The summed E-state index contributed by atoms with van der Waals surface area (Å²) in [5, 5.41) is 0.0506. The topological polar surface area (TPSA) is 26.3 Å². The van der Waals surface area contributed by atoms with Crippen LogP contribution >= 0.6 is 11.8 Å². The standard InChI is InChI=1S/C14H15F3O2S/c1-10(18)20-8-4-3-5-11-6-7-12(14(15,16)17)13(9-11)19-2/h3,5-7,9H,4,8H2,1-2H3. The highest BCUT2D eigenvalue weighted by Crippen LogP contribution is 2.36. The Bertz CT molecular complexity index is 496. The van der Waals surface area contributed by atoms with Gasteiger partial charge in [0.05, 0.1) is 12.7 Å². The largest absolute Gasteiger partial charge is 0.496 e. The van der Waals surface area contributed by atoms with Crippen molar-refractivity contribution in [2.75, 3.05) is 12.9 Å². The van der Waals surface area contributed by atoms with E-state index in [1.807, 2.05) is 6.08 Å². The van der Waals surface area contributed by atoms with Crippen molar-refractivity contribution in [3.05, 3.63) is 35.4 Å². The minimum Gasteiger partial charge on any atom is -0.496 e. The van der Waals surface area contributed by atoms with E-state index in [-0.39, 0.29) is 10.9 Å². The third-order valence-electron chi connectivity index (χ3n) is 2.43. The molecule has 0 saturated carbocycles. The molecule has 2 nitrogen and oxygen atoms in total. The fourth-order valence-electron chi connectivity index (χ4n) is 1.54. The van der Waals surface area contributed by atoms with Crippen LogP contribution in [0.1, 0.15) is 24.5 Å². The van der Waals surface area contributed by atoms with E-state index in [1.54, 1.807) is 6.08 Å². The molecule has 1 rings (SSSR count). The zero-order chi connectivity index (χ0) is 15.2. The Hall–Kier alpha value is -1.43. The summed E-state index contributed by atoms with van der Waals surface area (Å²) in [7, 11) is 1.21. The van der Waals surface area contributed by atoms with Gasteiger partial charge in [0.25, 0.3) is 0 Å². The van der Waals surface area contributed by atoms with Gasteiger partial charge < -0.3 is 4.74 Å². The number of hydrogen-bond donors (Lipinski definition) is 0. The van der Waals surface area contributed by atoms with Crippen LogP contribution in [0.2, 0.25) is 0 Å². The Labute approximate surface area is 120 Å². The van der Waals surface area contributed by atoms with E-state index in [4.69, 9.17) is 4.74 Å². The normalized spacial score (nSPS) is 11.8. The van der Waals surface area contributed by atoms with Crippen molar-refractivity contribution < 1.29 is 22.7 Å². The van der Waals surface area contributed by atoms with Gasteiger partial charge >= 0.3 is 6.18 Å². The highest BCUT2D eigenvalue weighted by atomic mass is 32.2. The van der Waals surface area contributed by atoms with E-state index < -0.39 is 11.7 Å². The van der Waals surface area contributed by atoms with E-state index in [0.29, 0.717) is 17.7 Å². The molecule has 1 aromatic carbocycles. The smallest absolute Gasteiger partial charge is 0.419 e. The lowest BCUT2D eigenvalue weighted by molar-refractivity contribution is -0.138. The number of ether oxygens (including phenoxy) is 1. The highest BCUT2D eigenvalue weighted by Gasteiger charge is 2.34. The lowest BCUT2D eigenvalue weighted by Crippen LogP contribution is -2.07. The molecule has 0 radical (unpaired) electrons. The fourth-order valence-corrected chi connectivity index (χ4v) is 2.08. The van der Waals surface area contributed by atoms with Crippen molar-refractivity contribution in [1.82, 2.24) is 0 Å². The van der Waals surface area contributed by atoms with Gasteiger partial charge in [-0.05, 0) is 24.1 Å². The van der Waals surface area contributed by atoms with Crippen molar-refractivity contribution in [2.24, 2.45) is 0 Å². The van der Waals surface area contributed by atoms with Crippen molar-refractivity contribution >= 4 is 23.0 Å². The second kappa shape index (κ2) is 7.38. The summed E-state index contributed by atoms with van der Waals surface area (Å²) in [6.07, 6.45) is -0.222. The first kappa shape index (κ1) is 16.6. The summed E-state index contributed by atoms with van der Waals surface area (Å²) in [6.45, 7) is 1.50. The number of benzene rings is 1. The molecule has 0 N–H and O–H groups in total. The Kier molecular flexibility index (Phi) is 6.13. The predicted molar refractivity (Wildman–Crippen MR) is 74.8 cm³/mol. The van der Waals surface area contributed by atoms with Crippen molar-refractivity contribution in [3.63, 3.8) is 0 Å². The van der Waals surface area contributed by atoms with Crippen LogP contribution in [0.4, 0.5) is 13.2 Å². The van der Waals surface area contributed by atoms with Crippen LogP contribution in [0, 0.1) is 0 Å². The molecule has 20 heavy (non-hydrogen) atoms. The molecule has 0 saturated heterocycles. The molecule has 6 heteroatoms. The molecule has 0 fully saturated rings. The number of carbonyl (C=O) groups excluding carboxylic acids is 1. The Balaban J connectivity index is 2.73. The maximum atomic E-state index is 12.7. The molecule has 0 aliphatic rings. The first-order valence-electron chi connectivity index (χ1n) is 5.89. The zero-order valence-electron chi connectivity index (χ0n) is 11.2. The van der Waals surface area contributed by atoms with Crippen LogP contribution in [0.3, 0.4) is 0 Å². The number of carbonyl (C=O) groups is 1. The maximum Gasteiger partial charge on any atom is 0.419 e. The second-order valence-electron chi connectivity index (χ2n) is 3.99. The van der Waals surface area contributed by atoms with Gasteiger partial charge in [0.15, 0.2) is 5.12 Å². The number of allylic oxidation sites excluding steroid dienone is 1. The minimum atomic E-state index is -4.42. The van der Waals surface area contributed by atoms with Crippen LogP contribution in [0.25, 0.3) is 6.08 Å². The zero-order valence-corrected chi connectivity index (χ0v) is 12.0. The number of rotatable bonds is 5. The fraction of sp³-hybridized carbons (Fsp3) is 0.357. The molecular weight excluding hydrogens is 289 g/mol. The number of halogens is 3. The number of methoxy groups -OCH3 is 1. The summed E-state index contributed by atoms with van der Waals surface area (Å²) in [4.78, 5) is 10.7. The molecule has 0 unspecified atom stereocenters. The Morgan fingerprint density at radius 1 is 1.40 bits per heavy atom. The van der Waals surface area contributed by atoms with Gasteiger partial charge in [-0.25, -0.2) is 0 Å². The summed E-state index contributed by atoms with van der Waals surface area (Å²) in [5.41, 5.74) is -0.160. The van der Waals surface area contributed by atoms with Crippen LogP contribution in [-0.2, 0) is 11.0 Å². The molecule has 0 aromatic heterocycles. The van der Waals surface area contributed by atoms with E-state index in [2.05, 4.69) is 0 Å². The Morgan fingerprint density at radius 2 is 2.10 bits per heavy atom. The van der Waals surface area contributed by atoms with Gasteiger partial charge in [0.2, 0.25) is 0 Å². The van der Waals surface area contributed by atoms with Gasteiger partial charge in [0, 0.05) is 12.7 Å². The number of alkyl halides is 3. The predicted octanol–water partition coefficient (Wildman–Crippen LogP) is 4.40. The van der Waals surface area contributed by atoms with E-state index in [0.717, 1.165) is 6.07 Å². The van der Waals surface area contributed by atoms with Gasteiger partial charge in [-0.2, -0.15) is 13.2 Å². The van der Waals surface area contributed by atoms with Gasteiger partial charge in [-0.15, -0.1) is 0 Å². The van der Waals surface area contributed by atoms with Crippen LogP contribution in [-0.4, -0.2) is 18.0 Å². The SMILES string of the molecule is COc1cc(C=CCCSC(C)=O)ccc1C(F)(F)F. The second-order valence-corrected chi connectivity index (χ2v) is 5.26. The summed E-state index contributed by atoms with van der Waals surface area (Å²) < 4.78 is 42.8. The monoisotopic (exact) mass is 304 g/mol. The lowest BCUT2D eigenvalue weighted by atomic mass is 10.1. The highest BCUT2D eigenvalue weighted by molar-refractivity contribution is 8.13. The molecule has 0 aliphatic heterocycles. The van der Waals surface area contributed by atoms with Crippen LogP contribution in [0.5, 0.6) is 5.75 Å². The maximum absolute atomic E-state index is 12.7. The lowest BCUT2D eigenvalue weighted by Gasteiger charge is -2.12. The first-order chi connectivity index (χ1) is 9.34. The van der Waals surface area contributed by atoms with Gasteiger partial charge in [-0.1, -0.05) is 30.0 Å². The van der Waals surface area contributed by atoms with Gasteiger partial charge in [0.1, 0.15) is 5.75 Å². The molecule has 1 aromatic rings. The quantitative estimate of drug-likeness (QED) is 0.754. The summed E-state index contributed by atoms with van der Waals surface area (Å²) in [6, 6.07) is 3.74. The molecular formula is C14H15F3O2S. The van der Waals surface area contributed by atoms with E-state index in [1.165, 1.54) is 37.9 Å². The molecule has 0 heterocycles. The third-order valence-corrected chi connectivity index (χ3v) is 3.28. The minimum absolute atomic E-state index is 0.0506. The third kappa shape index (κ3) is 5.28. The molecule has 0 atom stereocenters. The molecule has 0 aliphatic carbocycles. The van der Waals surface area contributed by atoms with E-state index in [9.17, 15) is 18.0 Å². The Morgan fingerprint density at radius 3 is 2.65 bits per heavy atom. The van der Waals surface area contributed by atoms with Crippen molar-refractivity contribution in [3.8, 4) is 5.75 Å². The number of thioether (sulfide) groups is 1. The van der Waals surface area contributed by atoms with Crippen molar-refractivity contribution in [1.29, 1.82) is 0 Å². The number of hydrogen-bond acceptors (Lipinski definition) is 3. The summed E-state index contributed by atoms with van der Waals surface area (Å²) in [5.74, 6) is 0.460. The molecule has 0 bridgehead atoms. The van der Waals surface area contributed by atoms with Crippen molar-refractivity contribution in [2.45, 2.75) is 19.5 Å². The first-order valence-corrected chi connectivity index (χ1v) is 6.88. The molecule has 110 valence electrons. The average Bonchev–Trinajstić information content (AvgIpc) is 2.36. The molecule has 0 spiro atoms. The molecule has 0 amide bonds. The van der Waals surface area contributed by atoms with Crippen LogP contribution < -0.4 is 4.74 Å². The average molecular weight is 304 g/mol.